The van der Waals surface area contributed by atoms with Crippen molar-refractivity contribution in [3.8, 4) is 0 Å². The Morgan fingerprint density at radius 3 is 2.50 bits per heavy atom. The van der Waals surface area contributed by atoms with Crippen LogP contribution in [0, 0.1) is 5.92 Å². The molecule has 1 saturated carbocycles. The lowest BCUT2D eigenvalue weighted by Crippen LogP contribution is -2.37. The van der Waals surface area contributed by atoms with E-state index in [1.807, 2.05) is 42.2 Å². The Kier molecular flexibility index (Phi) is 5.58. The normalized spacial score (nSPS) is 16.3. The highest BCUT2D eigenvalue weighted by Crippen LogP contribution is 2.33. The van der Waals surface area contributed by atoms with Crippen molar-refractivity contribution in [2.45, 2.75) is 32.2 Å². The maximum Gasteiger partial charge on any atom is 0.224 e. The van der Waals surface area contributed by atoms with Crippen LogP contribution in [0.2, 0.25) is 0 Å². The summed E-state index contributed by atoms with van der Waals surface area (Å²) in [7, 11) is -3.25. The Hall–Kier alpha value is -1.40. The van der Waals surface area contributed by atoms with Gasteiger partial charge in [-0.1, -0.05) is 30.3 Å². The van der Waals surface area contributed by atoms with E-state index in [0.717, 1.165) is 18.4 Å². The molecule has 0 bridgehead atoms. The first-order valence-corrected chi connectivity index (χ1v) is 9.55. The molecule has 5 nitrogen and oxygen atoms in total. The highest BCUT2D eigenvalue weighted by Gasteiger charge is 2.29. The molecule has 0 spiro atoms. The van der Waals surface area contributed by atoms with E-state index >= 15 is 0 Å². The van der Waals surface area contributed by atoms with E-state index < -0.39 is 10.0 Å². The van der Waals surface area contributed by atoms with Gasteiger partial charge in [0, 0.05) is 19.5 Å². The van der Waals surface area contributed by atoms with E-state index in [0.29, 0.717) is 5.92 Å². The lowest BCUT2D eigenvalue weighted by Gasteiger charge is -2.30. The van der Waals surface area contributed by atoms with Gasteiger partial charge in [0.1, 0.15) is 0 Å². The zero-order chi connectivity index (χ0) is 16.2. The molecule has 0 heterocycles. The minimum Gasteiger partial charge on any atom is -0.336 e. The Morgan fingerprint density at radius 2 is 1.95 bits per heavy atom. The lowest BCUT2D eigenvalue weighted by molar-refractivity contribution is -0.133. The molecule has 0 aromatic heterocycles. The monoisotopic (exact) mass is 324 g/mol. The fraction of sp³-hybridized carbons (Fsp3) is 0.562. The number of rotatable bonds is 8. The summed E-state index contributed by atoms with van der Waals surface area (Å²) in [5.74, 6) is 0.595. The predicted octanol–water partition coefficient (Wildman–Crippen LogP) is 1.93. The average molecular weight is 324 g/mol. The molecule has 1 aliphatic carbocycles. The summed E-state index contributed by atoms with van der Waals surface area (Å²) < 4.78 is 24.6. The van der Waals surface area contributed by atoms with Crippen LogP contribution in [0.4, 0.5) is 0 Å². The van der Waals surface area contributed by atoms with Crippen LogP contribution in [0.1, 0.15) is 37.8 Å². The SMILES string of the molecule is CC(c1ccccc1)N(CC1CC1)C(=O)CCNS(C)(=O)=O. The zero-order valence-electron chi connectivity index (χ0n) is 13.2. The minimum absolute atomic E-state index is 0.000553. The van der Waals surface area contributed by atoms with Crippen LogP contribution in [0.3, 0.4) is 0 Å². The van der Waals surface area contributed by atoms with Gasteiger partial charge in [0.05, 0.1) is 12.3 Å². The zero-order valence-corrected chi connectivity index (χ0v) is 14.0. The van der Waals surface area contributed by atoms with E-state index in [1.54, 1.807) is 0 Å². The summed E-state index contributed by atoms with van der Waals surface area (Å²) in [5.41, 5.74) is 1.10. The van der Waals surface area contributed by atoms with Crippen LogP contribution in [-0.2, 0) is 14.8 Å². The van der Waals surface area contributed by atoms with E-state index in [2.05, 4.69) is 4.72 Å². The van der Waals surface area contributed by atoms with Gasteiger partial charge in [0.15, 0.2) is 0 Å². The van der Waals surface area contributed by atoms with Crippen molar-refractivity contribution >= 4 is 15.9 Å². The fourth-order valence-corrected chi connectivity index (χ4v) is 2.93. The number of amides is 1. The van der Waals surface area contributed by atoms with Gasteiger partial charge in [-0.05, 0) is 31.2 Å². The third-order valence-electron chi connectivity index (χ3n) is 3.92. The number of nitrogens with one attached hydrogen (secondary N) is 1. The summed E-state index contributed by atoms with van der Waals surface area (Å²) in [6.07, 6.45) is 3.64. The first kappa shape index (κ1) is 17.0. The maximum absolute atomic E-state index is 12.5. The molecule has 22 heavy (non-hydrogen) atoms. The van der Waals surface area contributed by atoms with Gasteiger partial charge < -0.3 is 4.90 Å². The second kappa shape index (κ2) is 7.24. The summed E-state index contributed by atoms with van der Waals surface area (Å²) in [6.45, 7) is 2.94. The first-order valence-electron chi connectivity index (χ1n) is 7.66. The van der Waals surface area contributed by atoms with Crippen LogP contribution < -0.4 is 4.72 Å². The molecular weight excluding hydrogens is 300 g/mol. The summed E-state index contributed by atoms with van der Waals surface area (Å²) in [4.78, 5) is 14.4. The molecule has 1 amide bonds. The molecule has 0 aliphatic heterocycles. The molecule has 122 valence electrons. The number of hydrogen-bond donors (Lipinski definition) is 1. The summed E-state index contributed by atoms with van der Waals surface area (Å²) in [5, 5.41) is 0. The molecule has 2 rings (SSSR count). The lowest BCUT2D eigenvalue weighted by atomic mass is 10.1. The van der Waals surface area contributed by atoms with E-state index in [-0.39, 0.29) is 24.9 Å². The van der Waals surface area contributed by atoms with Gasteiger partial charge in [0.25, 0.3) is 0 Å². The maximum atomic E-state index is 12.5. The highest BCUT2D eigenvalue weighted by molar-refractivity contribution is 7.88. The number of nitrogens with zero attached hydrogens (tertiary/aromatic N) is 1. The Labute approximate surface area is 132 Å². The van der Waals surface area contributed by atoms with E-state index in [9.17, 15) is 13.2 Å². The topological polar surface area (TPSA) is 66.5 Å². The van der Waals surface area contributed by atoms with Gasteiger partial charge in [-0.2, -0.15) is 0 Å². The van der Waals surface area contributed by atoms with E-state index in [4.69, 9.17) is 0 Å². The van der Waals surface area contributed by atoms with Crippen LogP contribution in [0.25, 0.3) is 0 Å². The van der Waals surface area contributed by atoms with Gasteiger partial charge in [-0.15, -0.1) is 0 Å². The third kappa shape index (κ3) is 5.42. The van der Waals surface area contributed by atoms with Crippen LogP contribution in [0.5, 0.6) is 0 Å². The van der Waals surface area contributed by atoms with Crippen molar-refractivity contribution < 1.29 is 13.2 Å². The Bertz CT molecular complexity index is 597. The van der Waals surface area contributed by atoms with Crippen molar-refractivity contribution in [3.63, 3.8) is 0 Å². The molecule has 1 aliphatic rings. The molecule has 1 aromatic carbocycles. The minimum atomic E-state index is -3.25. The van der Waals surface area contributed by atoms with Gasteiger partial charge >= 0.3 is 0 Å². The third-order valence-corrected chi connectivity index (χ3v) is 4.65. The van der Waals surface area contributed by atoms with Crippen molar-refractivity contribution in [2.75, 3.05) is 19.3 Å². The number of benzene rings is 1. The molecule has 6 heteroatoms. The fourth-order valence-electron chi connectivity index (χ4n) is 2.45. The van der Waals surface area contributed by atoms with Gasteiger partial charge in [-0.3, -0.25) is 4.79 Å². The van der Waals surface area contributed by atoms with Crippen molar-refractivity contribution in [2.24, 2.45) is 5.92 Å². The number of carbonyl (C=O) groups excluding carboxylic acids is 1. The van der Waals surface area contributed by atoms with Gasteiger partial charge in [0.2, 0.25) is 15.9 Å². The molecule has 0 radical (unpaired) electrons. The molecule has 1 N–H and O–H groups in total. The van der Waals surface area contributed by atoms with E-state index in [1.165, 1.54) is 12.8 Å². The van der Waals surface area contributed by atoms with Crippen LogP contribution in [-0.4, -0.2) is 38.6 Å². The van der Waals surface area contributed by atoms with Crippen LogP contribution >= 0.6 is 0 Å². The second-order valence-electron chi connectivity index (χ2n) is 5.99. The number of carbonyl (C=O) groups is 1. The summed E-state index contributed by atoms with van der Waals surface area (Å²) >= 11 is 0. The second-order valence-corrected chi connectivity index (χ2v) is 7.83. The highest BCUT2D eigenvalue weighted by atomic mass is 32.2. The Morgan fingerprint density at radius 1 is 1.32 bits per heavy atom. The average Bonchev–Trinajstić information content (AvgIpc) is 3.27. The molecule has 1 fully saturated rings. The number of sulfonamides is 1. The molecular formula is C16H24N2O3S. The largest absolute Gasteiger partial charge is 0.336 e. The smallest absolute Gasteiger partial charge is 0.224 e. The first-order chi connectivity index (χ1) is 10.4. The molecule has 0 saturated heterocycles. The molecule has 1 aromatic rings. The Balaban J connectivity index is 2.00. The molecule has 1 atom stereocenters. The predicted molar refractivity (Wildman–Crippen MR) is 86.8 cm³/mol. The van der Waals surface area contributed by atoms with Gasteiger partial charge in [-0.25, -0.2) is 13.1 Å². The number of hydrogen-bond acceptors (Lipinski definition) is 3. The van der Waals surface area contributed by atoms with Crippen molar-refractivity contribution in [1.29, 1.82) is 0 Å². The quantitative estimate of drug-likeness (QED) is 0.794. The molecule has 1 unspecified atom stereocenters. The summed E-state index contributed by atoms with van der Waals surface area (Å²) in [6, 6.07) is 9.94. The van der Waals surface area contributed by atoms with Crippen molar-refractivity contribution in [1.82, 2.24) is 9.62 Å². The van der Waals surface area contributed by atoms with Crippen molar-refractivity contribution in [3.05, 3.63) is 35.9 Å². The standard InChI is InChI=1S/C16H24N2O3S/c1-13(15-6-4-3-5-7-15)18(12-14-8-9-14)16(19)10-11-17-22(2,20)21/h3-7,13-14,17H,8-12H2,1-2H3. The van der Waals surface area contributed by atoms with Crippen LogP contribution in [0.15, 0.2) is 30.3 Å².